The molecule has 0 aliphatic rings. The quantitative estimate of drug-likeness (QED) is 0.373. The van der Waals surface area contributed by atoms with Crippen LogP contribution in [0, 0.1) is 0 Å². The molecule has 0 heterocycles. The molecule has 0 spiro atoms. The van der Waals surface area contributed by atoms with Gasteiger partial charge in [0.15, 0.2) is 5.78 Å². The number of thioether (sulfide) groups is 1. The van der Waals surface area contributed by atoms with Gasteiger partial charge in [-0.15, -0.1) is 0 Å². The Hall–Kier alpha value is -1.60. The second-order valence-electron chi connectivity index (χ2n) is 4.92. The van der Waals surface area contributed by atoms with Gasteiger partial charge in [-0.1, -0.05) is 11.8 Å². The Labute approximate surface area is 152 Å². The number of carbonyl (C=O) groups is 2. The highest BCUT2D eigenvalue weighted by Gasteiger charge is 2.17. The number of carbonyl (C=O) groups excluding carboxylic acids is 2. The predicted octanol–water partition coefficient (Wildman–Crippen LogP) is 3.64. The molecule has 5 nitrogen and oxygen atoms in total. The van der Waals surface area contributed by atoms with E-state index in [-0.39, 0.29) is 23.6 Å². The van der Waals surface area contributed by atoms with E-state index >= 15 is 0 Å². The molecule has 0 radical (unpaired) electrons. The third-order valence-corrected chi connectivity index (χ3v) is 4.52. The van der Waals surface area contributed by atoms with Crippen LogP contribution in [0.25, 0.3) is 0 Å². The van der Waals surface area contributed by atoms with Gasteiger partial charge >= 0.3 is 5.97 Å². The maximum absolute atomic E-state index is 12.3. The second kappa shape index (κ2) is 11.0. The van der Waals surface area contributed by atoms with Gasteiger partial charge in [0.05, 0.1) is 13.7 Å². The van der Waals surface area contributed by atoms with Gasteiger partial charge in [0.2, 0.25) is 4.38 Å². The van der Waals surface area contributed by atoms with Gasteiger partial charge in [-0.3, -0.25) is 9.59 Å². The van der Waals surface area contributed by atoms with Gasteiger partial charge < -0.3 is 14.2 Å². The van der Waals surface area contributed by atoms with E-state index in [0.29, 0.717) is 35.1 Å². The maximum atomic E-state index is 12.3. The molecule has 7 heteroatoms. The number of esters is 1. The first-order chi connectivity index (χ1) is 11.5. The molecular weight excluding hydrogens is 348 g/mol. The minimum Gasteiger partial charge on any atom is -0.497 e. The average molecular weight is 370 g/mol. The summed E-state index contributed by atoms with van der Waals surface area (Å²) in [5.74, 6) is 0.370. The smallest absolute Gasteiger partial charge is 0.302 e. The standard InChI is InChI=1S/C17H22O5S2/c1-4-21-17(23)24-15(11-22-12(2)18)9-10-16(19)13-5-7-14(20-3)8-6-13/h5-8,15H,4,9-11H2,1-3H3. The van der Waals surface area contributed by atoms with Crippen molar-refractivity contribution in [3.63, 3.8) is 0 Å². The number of hydrogen-bond acceptors (Lipinski definition) is 7. The fourth-order valence-electron chi connectivity index (χ4n) is 1.89. The third kappa shape index (κ3) is 7.79. The summed E-state index contributed by atoms with van der Waals surface area (Å²) in [5.41, 5.74) is 0.624. The predicted molar refractivity (Wildman–Crippen MR) is 98.8 cm³/mol. The monoisotopic (exact) mass is 370 g/mol. The number of ether oxygens (including phenoxy) is 3. The molecule has 1 aromatic rings. The zero-order valence-electron chi connectivity index (χ0n) is 14.1. The fourth-order valence-corrected chi connectivity index (χ4v) is 3.24. The Bertz CT molecular complexity index is 557. The van der Waals surface area contributed by atoms with Crippen molar-refractivity contribution in [2.24, 2.45) is 0 Å². The summed E-state index contributed by atoms with van der Waals surface area (Å²) in [6.45, 7) is 3.88. The molecule has 1 unspecified atom stereocenters. The van der Waals surface area contributed by atoms with Crippen molar-refractivity contribution in [2.75, 3.05) is 20.3 Å². The Morgan fingerprint density at radius 3 is 2.42 bits per heavy atom. The molecule has 0 aromatic heterocycles. The lowest BCUT2D eigenvalue weighted by molar-refractivity contribution is -0.140. The summed E-state index contributed by atoms with van der Waals surface area (Å²) < 4.78 is 15.8. The van der Waals surface area contributed by atoms with Crippen molar-refractivity contribution in [3.8, 4) is 5.75 Å². The van der Waals surface area contributed by atoms with Gasteiger partial charge in [0.25, 0.3) is 0 Å². The van der Waals surface area contributed by atoms with E-state index in [4.69, 9.17) is 26.4 Å². The number of rotatable bonds is 9. The highest BCUT2D eigenvalue weighted by Crippen LogP contribution is 2.22. The largest absolute Gasteiger partial charge is 0.497 e. The normalized spacial score (nSPS) is 11.5. The van der Waals surface area contributed by atoms with Crippen molar-refractivity contribution < 1.29 is 23.8 Å². The van der Waals surface area contributed by atoms with Crippen LogP contribution in [0.2, 0.25) is 0 Å². The lowest BCUT2D eigenvalue weighted by Gasteiger charge is -2.16. The number of methoxy groups -OCH3 is 1. The number of ketones is 1. The zero-order chi connectivity index (χ0) is 17.9. The molecular formula is C17H22O5S2. The van der Waals surface area contributed by atoms with Crippen LogP contribution in [0.5, 0.6) is 5.75 Å². The van der Waals surface area contributed by atoms with E-state index in [1.54, 1.807) is 31.4 Å². The number of benzene rings is 1. The van der Waals surface area contributed by atoms with E-state index in [0.717, 1.165) is 0 Å². The van der Waals surface area contributed by atoms with Gasteiger partial charge in [0, 0.05) is 24.2 Å². The van der Waals surface area contributed by atoms with Gasteiger partial charge in [-0.2, -0.15) is 0 Å². The minimum absolute atomic E-state index is 0.0217. The molecule has 1 aromatic carbocycles. The first-order valence-electron chi connectivity index (χ1n) is 7.60. The summed E-state index contributed by atoms with van der Waals surface area (Å²) in [6, 6.07) is 6.98. The van der Waals surface area contributed by atoms with E-state index < -0.39 is 0 Å². The highest BCUT2D eigenvalue weighted by atomic mass is 32.2. The minimum atomic E-state index is -0.357. The van der Waals surface area contributed by atoms with Crippen LogP contribution in [-0.4, -0.2) is 41.7 Å². The number of Topliss-reactive ketones (excluding diaryl/α,β-unsaturated/α-hetero) is 1. The number of hydrogen-bond donors (Lipinski definition) is 0. The average Bonchev–Trinajstić information content (AvgIpc) is 2.57. The lowest BCUT2D eigenvalue weighted by atomic mass is 10.1. The summed E-state index contributed by atoms with van der Waals surface area (Å²) in [7, 11) is 1.58. The van der Waals surface area contributed by atoms with Crippen molar-refractivity contribution >= 4 is 40.1 Å². The lowest BCUT2D eigenvalue weighted by Crippen LogP contribution is -2.18. The molecule has 132 valence electrons. The van der Waals surface area contributed by atoms with Crippen LogP contribution < -0.4 is 4.74 Å². The first kappa shape index (κ1) is 20.4. The Balaban J connectivity index is 2.58. The van der Waals surface area contributed by atoms with Crippen molar-refractivity contribution in [3.05, 3.63) is 29.8 Å². The second-order valence-corrected chi connectivity index (χ2v) is 6.82. The van der Waals surface area contributed by atoms with Crippen molar-refractivity contribution in [1.82, 2.24) is 0 Å². The van der Waals surface area contributed by atoms with E-state index in [1.807, 2.05) is 6.92 Å². The van der Waals surface area contributed by atoms with Crippen LogP contribution >= 0.6 is 24.0 Å². The first-order valence-corrected chi connectivity index (χ1v) is 8.89. The van der Waals surface area contributed by atoms with E-state index in [2.05, 4.69) is 0 Å². The maximum Gasteiger partial charge on any atom is 0.302 e. The Morgan fingerprint density at radius 2 is 1.88 bits per heavy atom. The third-order valence-electron chi connectivity index (χ3n) is 3.10. The molecule has 0 aliphatic heterocycles. The highest BCUT2D eigenvalue weighted by molar-refractivity contribution is 8.23. The van der Waals surface area contributed by atoms with Crippen LogP contribution in [0.3, 0.4) is 0 Å². The zero-order valence-corrected chi connectivity index (χ0v) is 15.7. The molecule has 1 atom stereocenters. The van der Waals surface area contributed by atoms with Gasteiger partial charge in [-0.25, -0.2) is 0 Å². The molecule has 0 bridgehead atoms. The van der Waals surface area contributed by atoms with Crippen LogP contribution in [0.15, 0.2) is 24.3 Å². The molecule has 0 aliphatic carbocycles. The van der Waals surface area contributed by atoms with Crippen LogP contribution in [-0.2, 0) is 14.3 Å². The Kier molecular flexibility index (Phi) is 9.41. The topological polar surface area (TPSA) is 61.8 Å². The molecule has 1 rings (SSSR count). The summed E-state index contributed by atoms with van der Waals surface area (Å²) in [6.07, 6.45) is 0.871. The van der Waals surface area contributed by atoms with E-state index in [1.165, 1.54) is 18.7 Å². The van der Waals surface area contributed by atoms with Crippen LogP contribution in [0.1, 0.15) is 37.0 Å². The van der Waals surface area contributed by atoms with Crippen molar-refractivity contribution in [1.29, 1.82) is 0 Å². The molecule has 24 heavy (non-hydrogen) atoms. The summed E-state index contributed by atoms with van der Waals surface area (Å²) in [5, 5.41) is -0.116. The molecule has 0 saturated carbocycles. The molecule has 0 fully saturated rings. The SMILES string of the molecule is CCOC(=S)SC(CCC(=O)c1ccc(OC)cc1)COC(C)=O. The van der Waals surface area contributed by atoms with E-state index in [9.17, 15) is 9.59 Å². The van der Waals surface area contributed by atoms with Gasteiger partial charge in [0.1, 0.15) is 12.4 Å². The van der Waals surface area contributed by atoms with Crippen molar-refractivity contribution in [2.45, 2.75) is 31.9 Å². The summed E-state index contributed by atoms with van der Waals surface area (Å²) in [4.78, 5) is 23.3. The molecule has 0 amide bonds. The molecule has 0 saturated heterocycles. The Morgan fingerprint density at radius 1 is 1.21 bits per heavy atom. The molecule has 0 N–H and O–H groups in total. The van der Waals surface area contributed by atoms with Gasteiger partial charge in [-0.05, 0) is 49.8 Å². The van der Waals surface area contributed by atoms with Crippen LogP contribution in [0.4, 0.5) is 0 Å². The summed E-state index contributed by atoms with van der Waals surface area (Å²) >= 11 is 6.43. The number of thiocarbonyl (C=S) groups is 1. The fraction of sp³-hybridized carbons (Fsp3) is 0.471.